The lowest BCUT2D eigenvalue weighted by Gasteiger charge is -2.26. The maximum Gasteiger partial charge on any atom is 0.151 e. The van der Waals surface area contributed by atoms with Gasteiger partial charge in [0.1, 0.15) is 0 Å². The molecule has 0 spiro atoms. The fourth-order valence-corrected chi connectivity index (χ4v) is 2.73. The van der Waals surface area contributed by atoms with Crippen LogP contribution in [-0.2, 0) is 13.5 Å². The Morgan fingerprint density at radius 2 is 2.20 bits per heavy atom. The van der Waals surface area contributed by atoms with E-state index in [0.29, 0.717) is 0 Å². The van der Waals surface area contributed by atoms with Crippen molar-refractivity contribution in [3.63, 3.8) is 0 Å². The summed E-state index contributed by atoms with van der Waals surface area (Å²) in [6.45, 7) is 2.73. The summed E-state index contributed by atoms with van der Waals surface area (Å²) >= 11 is 0. The maximum atomic E-state index is 10.2. The molecule has 2 atom stereocenters. The van der Waals surface area contributed by atoms with Crippen molar-refractivity contribution in [3.05, 3.63) is 35.8 Å². The van der Waals surface area contributed by atoms with E-state index < -0.39 is 0 Å². The first-order valence-corrected chi connectivity index (χ1v) is 6.86. The number of hydrogen-bond donors (Lipinski definition) is 1. The van der Waals surface area contributed by atoms with Gasteiger partial charge in [-0.1, -0.05) is 0 Å². The molecule has 1 N–H and O–H groups in total. The number of aliphatic hydroxyl groups is 1. The van der Waals surface area contributed by atoms with Crippen LogP contribution in [-0.4, -0.2) is 43.8 Å². The van der Waals surface area contributed by atoms with Crippen molar-refractivity contribution in [2.24, 2.45) is 7.05 Å². The van der Waals surface area contributed by atoms with Gasteiger partial charge in [0.15, 0.2) is 5.82 Å². The van der Waals surface area contributed by atoms with E-state index in [1.807, 2.05) is 38.5 Å². The molecule has 2 aromatic rings. The Balaban J connectivity index is 1.81. The Hall–Kier alpha value is -1.95. The second kappa shape index (κ2) is 5.20. The van der Waals surface area contributed by atoms with Crippen LogP contribution in [0, 0.1) is 6.92 Å². The predicted octanol–water partition coefficient (Wildman–Crippen LogP) is 0.701. The lowest BCUT2D eigenvalue weighted by molar-refractivity contribution is 0.164. The lowest BCUT2D eigenvalue weighted by Crippen LogP contribution is -2.37. The smallest absolute Gasteiger partial charge is 0.151 e. The van der Waals surface area contributed by atoms with Gasteiger partial charge in [0.05, 0.1) is 24.0 Å². The number of aliphatic hydroxyl groups excluding tert-OH is 1. The molecule has 1 aliphatic rings. The third-order valence-corrected chi connectivity index (χ3v) is 3.79. The number of aromatic nitrogens is 4. The van der Waals surface area contributed by atoms with E-state index in [1.165, 1.54) is 0 Å². The number of hydrogen-bond acceptors (Lipinski definition) is 5. The quantitative estimate of drug-likeness (QED) is 0.891. The van der Waals surface area contributed by atoms with Crippen molar-refractivity contribution >= 4 is 5.82 Å². The Morgan fingerprint density at radius 3 is 2.85 bits per heavy atom. The van der Waals surface area contributed by atoms with Gasteiger partial charge in [-0.3, -0.25) is 4.68 Å². The molecule has 3 heterocycles. The van der Waals surface area contributed by atoms with E-state index in [1.54, 1.807) is 4.68 Å². The van der Waals surface area contributed by atoms with E-state index in [2.05, 4.69) is 20.2 Å². The summed E-state index contributed by atoms with van der Waals surface area (Å²) in [7, 11) is 1.90. The van der Waals surface area contributed by atoms with Gasteiger partial charge in [0.2, 0.25) is 0 Å². The Kier molecular flexibility index (Phi) is 3.40. The molecule has 0 aliphatic carbocycles. The Bertz CT molecular complexity index is 580. The number of anilines is 1. The van der Waals surface area contributed by atoms with E-state index in [-0.39, 0.29) is 12.1 Å². The van der Waals surface area contributed by atoms with Crippen LogP contribution in [0.1, 0.15) is 17.7 Å². The zero-order valence-corrected chi connectivity index (χ0v) is 11.8. The number of aryl methyl sites for hydroxylation is 2. The molecule has 6 nitrogen and oxygen atoms in total. The van der Waals surface area contributed by atoms with Crippen LogP contribution in [0.4, 0.5) is 5.82 Å². The third-order valence-electron chi connectivity index (χ3n) is 3.79. The molecule has 1 saturated heterocycles. The van der Waals surface area contributed by atoms with Crippen LogP contribution >= 0.6 is 0 Å². The monoisotopic (exact) mass is 273 g/mol. The van der Waals surface area contributed by atoms with Gasteiger partial charge in [-0.25, -0.2) is 0 Å². The molecular formula is C14H19N5O. The minimum atomic E-state index is -0.335. The van der Waals surface area contributed by atoms with Gasteiger partial charge >= 0.3 is 0 Å². The van der Waals surface area contributed by atoms with E-state index >= 15 is 0 Å². The summed E-state index contributed by atoms with van der Waals surface area (Å²) in [5.74, 6) is 0.834. The van der Waals surface area contributed by atoms with Crippen molar-refractivity contribution in [2.45, 2.75) is 31.9 Å². The summed E-state index contributed by atoms with van der Waals surface area (Å²) < 4.78 is 1.78. The zero-order chi connectivity index (χ0) is 14.1. The van der Waals surface area contributed by atoms with Gasteiger partial charge in [-0.15, -0.1) is 5.10 Å². The fourth-order valence-electron chi connectivity index (χ4n) is 2.73. The lowest BCUT2D eigenvalue weighted by atomic mass is 10.0. The highest BCUT2D eigenvalue weighted by Crippen LogP contribution is 2.26. The molecule has 3 rings (SSSR count). The molecule has 1 aliphatic heterocycles. The average molecular weight is 273 g/mol. The Labute approximate surface area is 118 Å². The third kappa shape index (κ3) is 2.51. The number of nitrogens with zero attached hydrogens (tertiary/aromatic N) is 5. The number of rotatable bonds is 3. The summed E-state index contributed by atoms with van der Waals surface area (Å²) in [6, 6.07) is 3.96. The highest BCUT2D eigenvalue weighted by Gasteiger charge is 2.34. The molecule has 20 heavy (non-hydrogen) atoms. The van der Waals surface area contributed by atoms with Crippen LogP contribution in [0.2, 0.25) is 0 Å². The second-order valence-electron chi connectivity index (χ2n) is 5.38. The minimum absolute atomic E-state index is 0.0382. The molecule has 0 amide bonds. The summed E-state index contributed by atoms with van der Waals surface area (Å²) in [6.07, 6.45) is 5.04. The first kappa shape index (κ1) is 13.1. The first-order chi connectivity index (χ1) is 9.63. The highest BCUT2D eigenvalue weighted by atomic mass is 16.3. The predicted molar refractivity (Wildman–Crippen MR) is 75.4 cm³/mol. The summed E-state index contributed by atoms with van der Waals surface area (Å²) in [5, 5.41) is 22.7. The van der Waals surface area contributed by atoms with Gasteiger partial charge in [0, 0.05) is 19.8 Å². The molecular weight excluding hydrogens is 254 g/mol. The topological polar surface area (TPSA) is 67.1 Å². The van der Waals surface area contributed by atoms with Gasteiger partial charge < -0.3 is 10.0 Å². The molecule has 0 aromatic carbocycles. The van der Waals surface area contributed by atoms with Crippen LogP contribution in [0.25, 0.3) is 0 Å². The fraction of sp³-hybridized carbons (Fsp3) is 0.500. The van der Waals surface area contributed by atoms with Crippen LogP contribution in [0.5, 0.6) is 0 Å². The second-order valence-corrected chi connectivity index (χ2v) is 5.38. The SMILES string of the molecule is Cc1ccc(N2CC[C@@H](O)[C@H]2Cc2cnn(C)c2)nn1. The normalized spacial score (nSPS) is 22.4. The molecule has 0 unspecified atom stereocenters. The van der Waals surface area contributed by atoms with Gasteiger partial charge in [0.25, 0.3) is 0 Å². The summed E-state index contributed by atoms with van der Waals surface area (Å²) in [4.78, 5) is 2.14. The van der Waals surface area contributed by atoms with E-state index in [9.17, 15) is 5.11 Å². The molecule has 106 valence electrons. The van der Waals surface area contributed by atoms with Crippen molar-refractivity contribution in [1.82, 2.24) is 20.0 Å². The maximum absolute atomic E-state index is 10.2. The van der Waals surface area contributed by atoms with Gasteiger partial charge in [-0.2, -0.15) is 10.2 Å². The molecule has 2 aromatic heterocycles. The zero-order valence-electron chi connectivity index (χ0n) is 11.8. The Morgan fingerprint density at radius 1 is 1.35 bits per heavy atom. The molecule has 6 heteroatoms. The average Bonchev–Trinajstić information content (AvgIpc) is 2.99. The van der Waals surface area contributed by atoms with E-state index in [0.717, 1.165) is 36.5 Å². The standard InChI is InChI=1S/C14H19N5O/c1-10-3-4-14(17-16-10)19-6-5-13(20)12(19)7-11-8-15-18(2)9-11/h3-4,8-9,12-13,20H,5-7H2,1-2H3/t12-,13-/m1/s1. The van der Waals surface area contributed by atoms with Gasteiger partial charge in [-0.05, 0) is 37.5 Å². The summed E-state index contributed by atoms with van der Waals surface area (Å²) in [5.41, 5.74) is 2.03. The molecule has 1 fully saturated rings. The van der Waals surface area contributed by atoms with E-state index in [4.69, 9.17) is 0 Å². The molecule has 0 saturated carbocycles. The molecule has 0 bridgehead atoms. The van der Waals surface area contributed by atoms with Crippen molar-refractivity contribution in [2.75, 3.05) is 11.4 Å². The molecule has 0 radical (unpaired) electrons. The van der Waals surface area contributed by atoms with Crippen molar-refractivity contribution < 1.29 is 5.11 Å². The van der Waals surface area contributed by atoms with Crippen LogP contribution < -0.4 is 4.90 Å². The van der Waals surface area contributed by atoms with Crippen molar-refractivity contribution in [3.8, 4) is 0 Å². The first-order valence-electron chi connectivity index (χ1n) is 6.86. The minimum Gasteiger partial charge on any atom is -0.391 e. The largest absolute Gasteiger partial charge is 0.391 e. The highest BCUT2D eigenvalue weighted by molar-refractivity contribution is 5.41. The van der Waals surface area contributed by atoms with Crippen molar-refractivity contribution in [1.29, 1.82) is 0 Å². The van der Waals surface area contributed by atoms with Crippen LogP contribution in [0.3, 0.4) is 0 Å². The van der Waals surface area contributed by atoms with Crippen LogP contribution in [0.15, 0.2) is 24.5 Å².